The number of esters is 1. The van der Waals surface area contributed by atoms with Crippen LogP contribution in [0.1, 0.15) is 36.5 Å². The molecule has 1 amide bonds. The maximum atomic E-state index is 12.2. The molecule has 0 unspecified atom stereocenters. The number of fused-ring (bicyclic) bond motifs is 1. The van der Waals surface area contributed by atoms with Crippen molar-refractivity contribution in [3.05, 3.63) is 54.1 Å². The van der Waals surface area contributed by atoms with Gasteiger partial charge in [0.1, 0.15) is 0 Å². The standard InChI is InChI=1S/C21H22N2O3S2/c1-2-3-6-13-26-20(25)15-9-11-16(12-10-15)22-19(24)14-27-21-23-17-7-4-5-8-18(17)28-21/h4-5,7-12H,2-3,6,13-14H2,1H3,(H,22,24). The highest BCUT2D eigenvalue weighted by molar-refractivity contribution is 8.01. The molecule has 0 radical (unpaired) electrons. The first-order valence-electron chi connectivity index (χ1n) is 9.21. The van der Waals surface area contributed by atoms with Crippen LogP contribution in [0.25, 0.3) is 10.2 Å². The fraction of sp³-hybridized carbons (Fsp3) is 0.286. The first-order chi connectivity index (χ1) is 13.7. The molecule has 0 saturated heterocycles. The predicted molar refractivity (Wildman–Crippen MR) is 115 cm³/mol. The summed E-state index contributed by atoms with van der Waals surface area (Å²) in [5.74, 6) is -0.166. The summed E-state index contributed by atoms with van der Waals surface area (Å²) in [4.78, 5) is 28.6. The van der Waals surface area contributed by atoms with Gasteiger partial charge in [0.2, 0.25) is 5.91 Å². The first kappa shape index (κ1) is 20.4. The Morgan fingerprint density at radius 1 is 1.11 bits per heavy atom. The van der Waals surface area contributed by atoms with Crippen molar-refractivity contribution in [3.63, 3.8) is 0 Å². The predicted octanol–water partition coefficient (Wildman–Crippen LogP) is 5.37. The maximum absolute atomic E-state index is 12.2. The molecule has 7 heteroatoms. The van der Waals surface area contributed by atoms with Gasteiger partial charge in [-0.15, -0.1) is 11.3 Å². The van der Waals surface area contributed by atoms with Crippen molar-refractivity contribution in [3.8, 4) is 0 Å². The maximum Gasteiger partial charge on any atom is 0.338 e. The van der Waals surface area contributed by atoms with Crippen molar-refractivity contribution < 1.29 is 14.3 Å². The van der Waals surface area contributed by atoms with Crippen molar-refractivity contribution in [2.75, 3.05) is 17.7 Å². The molecular weight excluding hydrogens is 392 g/mol. The van der Waals surface area contributed by atoms with Crippen LogP contribution in [0.3, 0.4) is 0 Å². The molecule has 0 spiro atoms. The second kappa shape index (κ2) is 10.2. The van der Waals surface area contributed by atoms with Crippen LogP contribution in [0.5, 0.6) is 0 Å². The van der Waals surface area contributed by atoms with Gasteiger partial charge in [0.25, 0.3) is 0 Å². The molecule has 1 heterocycles. The largest absolute Gasteiger partial charge is 0.462 e. The van der Waals surface area contributed by atoms with Gasteiger partial charge < -0.3 is 10.1 Å². The van der Waals surface area contributed by atoms with E-state index in [0.29, 0.717) is 17.9 Å². The highest BCUT2D eigenvalue weighted by Gasteiger charge is 2.10. The molecule has 0 saturated carbocycles. The molecule has 28 heavy (non-hydrogen) atoms. The number of aromatic nitrogens is 1. The number of hydrogen-bond donors (Lipinski definition) is 1. The Morgan fingerprint density at radius 3 is 2.64 bits per heavy atom. The van der Waals surface area contributed by atoms with Gasteiger partial charge in [0, 0.05) is 5.69 Å². The number of benzene rings is 2. The summed E-state index contributed by atoms with van der Waals surface area (Å²) >= 11 is 3.00. The summed E-state index contributed by atoms with van der Waals surface area (Å²) in [5.41, 5.74) is 2.09. The summed E-state index contributed by atoms with van der Waals surface area (Å²) in [6, 6.07) is 14.7. The third-order valence-corrected chi connectivity index (χ3v) is 6.17. The van der Waals surface area contributed by atoms with Crippen molar-refractivity contribution in [2.24, 2.45) is 0 Å². The molecule has 1 aromatic heterocycles. The van der Waals surface area contributed by atoms with E-state index >= 15 is 0 Å². The van der Waals surface area contributed by atoms with Gasteiger partial charge in [-0.05, 0) is 42.8 Å². The van der Waals surface area contributed by atoms with Crippen LogP contribution in [0.4, 0.5) is 5.69 Å². The van der Waals surface area contributed by atoms with Gasteiger partial charge in [-0.3, -0.25) is 4.79 Å². The van der Waals surface area contributed by atoms with E-state index in [4.69, 9.17) is 4.74 Å². The van der Waals surface area contributed by atoms with E-state index in [-0.39, 0.29) is 17.6 Å². The number of thiazole rings is 1. The minimum absolute atomic E-state index is 0.112. The number of anilines is 1. The summed E-state index contributed by atoms with van der Waals surface area (Å²) in [6.45, 7) is 2.54. The van der Waals surface area contributed by atoms with E-state index in [2.05, 4.69) is 17.2 Å². The Balaban J connectivity index is 1.46. The minimum Gasteiger partial charge on any atom is -0.462 e. The van der Waals surface area contributed by atoms with Crippen LogP contribution in [-0.4, -0.2) is 29.2 Å². The van der Waals surface area contributed by atoms with E-state index in [1.165, 1.54) is 11.8 Å². The quantitative estimate of drug-likeness (QED) is 0.289. The molecule has 2 aromatic carbocycles. The molecule has 3 rings (SSSR count). The van der Waals surface area contributed by atoms with E-state index in [9.17, 15) is 9.59 Å². The Bertz CT molecular complexity index is 905. The number of nitrogens with one attached hydrogen (secondary N) is 1. The number of amides is 1. The van der Waals surface area contributed by atoms with Gasteiger partial charge in [-0.2, -0.15) is 0 Å². The molecule has 3 aromatic rings. The topological polar surface area (TPSA) is 68.3 Å². The smallest absolute Gasteiger partial charge is 0.338 e. The average Bonchev–Trinajstić information content (AvgIpc) is 3.13. The van der Waals surface area contributed by atoms with E-state index in [0.717, 1.165) is 33.8 Å². The Morgan fingerprint density at radius 2 is 1.89 bits per heavy atom. The molecule has 0 aliphatic rings. The molecule has 1 N–H and O–H groups in total. The van der Waals surface area contributed by atoms with Gasteiger partial charge in [0.05, 0.1) is 28.1 Å². The number of carbonyl (C=O) groups is 2. The summed E-state index contributed by atoms with van der Waals surface area (Å²) in [7, 11) is 0. The first-order valence-corrected chi connectivity index (χ1v) is 11.0. The number of carbonyl (C=O) groups excluding carboxylic acids is 2. The average molecular weight is 415 g/mol. The Labute approximate surface area is 172 Å². The minimum atomic E-state index is -0.333. The van der Waals surface area contributed by atoms with Crippen LogP contribution < -0.4 is 5.32 Å². The molecular formula is C21H22N2O3S2. The summed E-state index contributed by atoms with van der Waals surface area (Å²) < 4.78 is 7.21. The number of hydrogen-bond acceptors (Lipinski definition) is 6. The SMILES string of the molecule is CCCCCOC(=O)c1ccc(NC(=O)CSc2nc3ccccc3s2)cc1. The van der Waals surface area contributed by atoms with Crippen molar-refractivity contribution in [1.82, 2.24) is 4.98 Å². The number of ether oxygens (including phenoxy) is 1. The van der Waals surface area contributed by atoms with Gasteiger partial charge in [-0.25, -0.2) is 9.78 Å². The van der Waals surface area contributed by atoms with Crippen LogP contribution in [0.15, 0.2) is 52.9 Å². The Hall–Kier alpha value is -2.38. The van der Waals surface area contributed by atoms with Crippen molar-refractivity contribution >= 4 is 50.9 Å². The number of para-hydroxylation sites is 1. The van der Waals surface area contributed by atoms with E-state index in [1.54, 1.807) is 35.6 Å². The van der Waals surface area contributed by atoms with E-state index in [1.807, 2.05) is 24.3 Å². The summed E-state index contributed by atoms with van der Waals surface area (Å²) in [6.07, 6.45) is 3.01. The zero-order valence-electron chi connectivity index (χ0n) is 15.6. The number of nitrogens with zero attached hydrogens (tertiary/aromatic N) is 1. The second-order valence-electron chi connectivity index (χ2n) is 6.20. The highest BCUT2D eigenvalue weighted by Crippen LogP contribution is 2.29. The van der Waals surface area contributed by atoms with Gasteiger partial charge in [-0.1, -0.05) is 43.7 Å². The molecule has 5 nitrogen and oxygen atoms in total. The number of rotatable bonds is 9. The fourth-order valence-electron chi connectivity index (χ4n) is 2.53. The third-order valence-electron chi connectivity index (χ3n) is 3.99. The molecule has 0 atom stereocenters. The number of thioether (sulfide) groups is 1. The normalized spacial score (nSPS) is 10.8. The molecule has 0 fully saturated rings. The van der Waals surface area contributed by atoms with Gasteiger partial charge >= 0.3 is 5.97 Å². The van der Waals surface area contributed by atoms with Crippen LogP contribution in [0, 0.1) is 0 Å². The van der Waals surface area contributed by atoms with E-state index < -0.39 is 0 Å². The molecule has 0 aliphatic heterocycles. The zero-order chi connectivity index (χ0) is 19.8. The lowest BCUT2D eigenvalue weighted by Crippen LogP contribution is -2.14. The van der Waals surface area contributed by atoms with Gasteiger partial charge in [0.15, 0.2) is 4.34 Å². The third kappa shape index (κ3) is 5.81. The lowest BCUT2D eigenvalue weighted by Gasteiger charge is -2.07. The van der Waals surface area contributed by atoms with Crippen LogP contribution in [-0.2, 0) is 9.53 Å². The molecule has 146 valence electrons. The zero-order valence-corrected chi connectivity index (χ0v) is 17.3. The highest BCUT2D eigenvalue weighted by atomic mass is 32.2. The van der Waals surface area contributed by atoms with Crippen LogP contribution >= 0.6 is 23.1 Å². The fourth-order valence-corrected chi connectivity index (χ4v) is 4.40. The van der Waals surface area contributed by atoms with Crippen molar-refractivity contribution in [2.45, 2.75) is 30.5 Å². The monoisotopic (exact) mass is 414 g/mol. The van der Waals surface area contributed by atoms with Crippen LogP contribution in [0.2, 0.25) is 0 Å². The molecule has 0 aliphatic carbocycles. The second-order valence-corrected chi connectivity index (χ2v) is 8.46. The van der Waals surface area contributed by atoms with Crippen molar-refractivity contribution in [1.29, 1.82) is 0 Å². The lowest BCUT2D eigenvalue weighted by atomic mass is 10.2. The number of unbranched alkanes of at least 4 members (excludes halogenated alkanes) is 2. The molecule has 0 bridgehead atoms. The lowest BCUT2D eigenvalue weighted by molar-refractivity contribution is -0.113. The summed E-state index contributed by atoms with van der Waals surface area (Å²) in [5, 5.41) is 2.84. The Kier molecular flexibility index (Phi) is 7.45.